The molecule has 2 aromatic heterocycles. The van der Waals surface area contributed by atoms with E-state index in [1.807, 2.05) is 24.3 Å². The van der Waals surface area contributed by atoms with Crippen LogP contribution in [0.1, 0.15) is 31.0 Å². The van der Waals surface area contributed by atoms with Gasteiger partial charge in [0.25, 0.3) is 0 Å². The first kappa shape index (κ1) is 30.6. The van der Waals surface area contributed by atoms with Gasteiger partial charge in [0.15, 0.2) is 5.96 Å². The van der Waals surface area contributed by atoms with Crippen molar-refractivity contribution in [3.8, 4) is 0 Å². The Balaban J connectivity index is 1.69. The van der Waals surface area contributed by atoms with Gasteiger partial charge in [-0.15, -0.1) is 0 Å². The molecule has 12 N–H and O–H groups in total. The van der Waals surface area contributed by atoms with E-state index >= 15 is 0 Å². The summed E-state index contributed by atoms with van der Waals surface area (Å²) in [5.41, 5.74) is 18.8. The quantitative estimate of drug-likeness (QED) is 0.0593. The fourth-order valence-electron chi connectivity index (χ4n) is 4.15. The summed E-state index contributed by atoms with van der Waals surface area (Å²) >= 11 is 0. The molecule has 0 radical (unpaired) electrons. The van der Waals surface area contributed by atoms with Crippen molar-refractivity contribution in [1.82, 2.24) is 30.9 Å². The lowest BCUT2D eigenvalue weighted by Crippen LogP contribution is -2.57. The molecule has 0 saturated carbocycles. The van der Waals surface area contributed by atoms with Crippen LogP contribution in [0.4, 0.5) is 0 Å². The number of fused-ring (bicyclic) bond motifs is 1. The molecule has 0 spiro atoms. The number of aromatic amines is 2. The number of amides is 3. The maximum Gasteiger partial charge on any atom is 0.326 e. The molecule has 0 aliphatic heterocycles. The number of carboxylic acids is 1. The predicted octanol–water partition coefficient (Wildman–Crippen LogP) is -1.38. The summed E-state index contributed by atoms with van der Waals surface area (Å²) < 4.78 is 0. The second-order valence-electron chi connectivity index (χ2n) is 9.59. The maximum atomic E-state index is 13.4. The monoisotopic (exact) mass is 568 g/mol. The number of aromatic nitrogens is 3. The van der Waals surface area contributed by atoms with Crippen molar-refractivity contribution in [3.05, 3.63) is 54.2 Å². The van der Waals surface area contributed by atoms with Crippen LogP contribution < -0.4 is 33.2 Å². The predicted molar refractivity (Wildman–Crippen MR) is 151 cm³/mol. The number of benzene rings is 1. The van der Waals surface area contributed by atoms with Crippen LogP contribution in [0.3, 0.4) is 0 Å². The number of guanidine groups is 1. The highest BCUT2D eigenvalue weighted by Gasteiger charge is 2.29. The van der Waals surface area contributed by atoms with Crippen molar-refractivity contribution < 1.29 is 24.3 Å². The van der Waals surface area contributed by atoms with Gasteiger partial charge in [0, 0.05) is 48.4 Å². The van der Waals surface area contributed by atoms with E-state index in [2.05, 4.69) is 35.9 Å². The van der Waals surface area contributed by atoms with Gasteiger partial charge in [-0.25, -0.2) is 9.78 Å². The van der Waals surface area contributed by atoms with Crippen LogP contribution in [0.25, 0.3) is 10.9 Å². The summed E-state index contributed by atoms with van der Waals surface area (Å²) in [7, 11) is 0. The van der Waals surface area contributed by atoms with Crippen LogP contribution >= 0.6 is 0 Å². The van der Waals surface area contributed by atoms with E-state index in [0.717, 1.165) is 16.5 Å². The number of imidazole rings is 1. The minimum absolute atomic E-state index is 0.0257. The average Bonchev–Trinajstić information content (AvgIpc) is 3.60. The number of rotatable bonds is 15. The standard InChI is InChI=1S/C26H36N10O5/c1-14(22(37)36-21(25(40)41)10-16-12-30-13-33-16)34-24(39)20(9-15-11-32-19-7-3-2-5-17(15)19)35-23(38)18(27)6-4-8-31-26(28)29/h2-3,5,7,11-14,18,20-21,32H,4,6,8-10,27H2,1H3,(H,30,33)(H,34,39)(H,35,38)(H,36,37)(H,40,41)(H4,28,29,31). The lowest BCUT2D eigenvalue weighted by molar-refractivity contribution is -0.142. The summed E-state index contributed by atoms with van der Waals surface area (Å²) in [6, 6.07) is 3.12. The third-order valence-electron chi connectivity index (χ3n) is 6.38. The first-order valence-corrected chi connectivity index (χ1v) is 13.0. The number of carbonyl (C=O) groups is 4. The van der Waals surface area contributed by atoms with Crippen molar-refractivity contribution in [2.45, 2.75) is 56.8 Å². The zero-order valence-electron chi connectivity index (χ0n) is 22.6. The van der Waals surface area contributed by atoms with Crippen LogP contribution in [0, 0.1) is 0 Å². The number of aliphatic imine (C=N–C) groups is 1. The van der Waals surface area contributed by atoms with Gasteiger partial charge >= 0.3 is 5.97 Å². The van der Waals surface area contributed by atoms with Gasteiger partial charge in [-0.3, -0.25) is 19.4 Å². The Bertz CT molecular complexity index is 1370. The molecule has 15 nitrogen and oxygen atoms in total. The van der Waals surface area contributed by atoms with E-state index in [1.165, 1.54) is 19.4 Å². The fourth-order valence-corrected chi connectivity index (χ4v) is 4.15. The van der Waals surface area contributed by atoms with Crippen LogP contribution in [0.5, 0.6) is 0 Å². The molecule has 0 aliphatic rings. The Morgan fingerprint density at radius 2 is 1.73 bits per heavy atom. The SMILES string of the molecule is CC(NC(=O)C(Cc1c[nH]c2ccccc12)NC(=O)C(N)CCCN=C(N)N)C(=O)NC(Cc1cnc[nH]1)C(=O)O. The maximum absolute atomic E-state index is 13.4. The third-order valence-corrected chi connectivity index (χ3v) is 6.38. The number of aliphatic carboxylic acids is 1. The molecule has 0 saturated heterocycles. The Morgan fingerprint density at radius 1 is 1.00 bits per heavy atom. The molecule has 0 aliphatic carbocycles. The minimum Gasteiger partial charge on any atom is -0.480 e. The fraction of sp³-hybridized carbons (Fsp3) is 0.385. The molecule has 1 aromatic carbocycles. The number of para-hydroxylation sites is 1. The molecule has 3 amide bonds. The Labute approximate surface area is 235 Å². The lowest BCUT2D eigenvalue weighted by atomic mass is 10.0. The molecular formula is C26H36N10O5. The number of carboxylic acid groups (broad SMARTS) is 1. The number of nitrogens with one attached hydrogen (secondary N) is 5. The van der Waals surface area contributed by atoms with Crippen molar-refractivity contribution in [3.63, 3.8) is 0 Å². The zero-order chi connectivity index (χ0) is 29.9. The zero-order valence-corrected chi connectivity index (χ0v) is 22.6. The molecule has 0 fully saturated rings. The highest BCUT2D eigenvalue weighted by molar-refractivity contribution is 5.94. The normalized spacial score (nSPS) is 13.9. The van der Waals surface area contributed by atoms with Crippen molar-refractivity contribution in [2.75, 3.05) is 6.54 Å². The largest absolute Gasteiger partial charge is 0.480 e. The molecular weight excluding hydrogens is 532 g/mol. The Kier molecular flexibility index (Phi) is 10.8. The van der Waals surface area contributed by atoms with Gasteiger partial charge in [-0.1, -0.05) is 18.2 Å². The van der Waals surface area contributed by atoms with Crippen LogP contribution in [-0.2, 0) is 32.0 Å². The van der Waals surface area contributed by atoms with E-state index in [0.29, 0.717) is 18.7 Å². The van der Waals surface area contributed by atoms with Gasteiger partial charge in [0.05, 0.1) is 12.4 Å². The molecule has 2 heterocycles. The second kappa shape index (κ2) is 14.5. The van der Waals surface area contributed by atoms with E-state index in [1.54, 1.807) is 6.20 Å². The average molecular weight is 569 g/mol. The molecule has 3 aromatic rings. The molecule has 0 bridgehead atoms. The lowest BCUT2D eigenvalue weighted by Gasteiger charge is -2.23. The smallest absolute Gasteiger partial charge is 0.326 e. The van der Waals surface area contributed by atoms with Crippen LogP contribution in [0.15, 0.2) is 48.0 Å². The van der Waals surface area contributed by atoms with Crippen LogP contribution in [-0.4, -0.2) is 80.4 Å². The van der Waals surface area contributed by atoms with Gasteiger partial charge in [0.2, 0.25) is 17.7 Å². The van der Waals surface area contributed by atoms with Crippen molar-refractivity contribution in [1.29, 1.82) is 0 Å². The molecule has 41 heavy (non-hydrogen) atoms. The highest BCUT2D eigenvalue weighted by Crippen LogP contribution is 2.19. The highest BCUT2D eigenvalue weighted by atomic mass is 16.4. The van der Waals surface area contributed by atoms with Gasteiger partial charge in [-0.05, 0) is 31.4 Å². The van der Waals surface area contributed by atoms with E-state index in [-0.39, 0.29) is 25.2 Å². The number of hydrogen-bond acceptors (Lipinski definition) is 7. The summed E-state index contributed by atoms with van der Waals surface area (Å²) in [5, 5.41) is 18.1. The third kappa shape index (κ3) is 9.06. The molecule has 220 valence electrons. The topological polar surface area (TPSA) is 259 Å². The molecule has 15 heteroatoms. The summed E-state index contributed by atoms with van der Waals surface area (Å²) in [4.78, 5) is 64.4. The number of hydrogen-bond donors (Lipinski definition) is 9. The van der Waals surface area contributed by atoms with Gasteiger partial charge in [-0.2, -0.15) is 0 Å². The first-order valence-electron chi connectivity index (χ1n) is 13.0. The Hall–Kier alpha value is -4.92. The molecule has 4 unspecified atom stereocenters. The second-order valence-corrected chi connectivity index (χ2v) is 9.59. The minimum atomic E-state index is -1.25. The van der Waals surface area contributed by atoms with Gasteiger partial charge < -0.3 is 48.2 Å². The van der Waals surface area contributed by atoms with E-state index in [4.69, 9.17) is 17.2 Å². The van der Waals surface area contributed by atoms with Gasteiger partial charge in [0.1, 0.15) is 18.1 Å². The number of nitrogens with two attached hydrogens (primary N) is 3. The van der Waals surface area contributed by atoms with Crippen molar-refractivity contribution in [2.24, 2.45) is 22.2 Å². The number of H-pyrrole nitrogens is 2. The summed E-state index contributed by atoms with van der Waals surface area (Å²) in [6.45, 7) is 1.72. The van der Waals surface area contributed by atoms with Crippen molar-refractivity contribution >= 4 is 40.6 Å². The van der Waals surface area contributed by atoms with E-state index in [9.17, 15) is 24.3 Å². The van der Waals surface area contributed by atoms with E-state index < -0.39 is 47.9 Å². The number of carbonyl (C=O) groups excluding carboxylic acids is 3. The summed E-state index contributed by atoms with van der Waals surface area (Å²) in [5.74, 6) is -3.21. The Morgan fingerprint density at radius 3 is 2.41 bits per heavy atom. The first-order chi connectivity index (χ1) is 19.5. The number of nitrogens with zero attached hydrogens (tertiary/aromatic N) is 2. The summed E-state index contributed by atoms with van der Waals surface area (Å²) in [6.07, 6.45) is 5.40. The molecule has 4 atom stereocenters. The van der Waals surface area contributed by atoms with Crippen LogP contribution in [0.2, 0.25) is 0 Å². The molecule has 3 rings (SSSR count).